The minimum absolute atomic E-state index is 0.0171. The van der Waals surface area contributed by atoms with Gasteiger partial charge in [-0.05, 0) is 38.3 Å². The van der Waals surface area contributed by atoms with Crippen molar-refractivity contribution in [3.05, 3.63) is 40.4 Å². The number of ether oxygens (including phenoxy) is 1. The summed E-state index contributed by atoms with van der Waals surface area (Å²) in [6.07, 6.45) is 3.44. The maximum Gasteiger partial charge on any atom is 0.261 e. The van der Waals surface area contributed by atoms with Crippen LogP contribution in [0.15, 0.2) is 29.1 Å². The Morgan fingerprint density at radius 2 is 1.94 bits per heavy atom. The number of para-hydroxylation sites is 1. The number of carbonyl (C=O) groups excluding carboxylic acids is 2. The molecule has 8 heteroatoms. The molecule has 3 aliphatic heterocycles. The maximum absolute atomic E-state index is 13.6. The molecule has 2 amide bonds. The van der Waals surface area contributed by atoms with Crippen LogP contribution < -0.4 is 5.56 Å². The van der Waals surface area contributed by atoms with Crippen LogP contribution in [0.25, 0.3) is 10.9 Å². The summed E-state index contributed by atoms with van der Waals surface area (Å²) in [5.41, 5.74) is 0.686. The molecule has 5 rings (SSSR count). The Balaban J connectivity index is 1.34. The van der Waals surface area contributed by atoms with E-state index in [1.165, 1.54) is 0 Å². The average molecular weight is 439 g/mol. The lowest BCUT2D eigenvalue weighted by atomic mass is 10.1. The third-order valence-corrected chi connectivity index (χ3v) is 7.11. The molecule has 1 aromatic carbocycles. The van der Waals surface area contributed by atoms with Crippen LogP contribution >= 0.6 is 0 Å². The van der Waals surface area contributed by atoms with Gasteiger partial charge in [-0.15, -0.1) is 0 Å². The van der Waals surface area contributed by atoms with Crippen LogP contribution in [0.5, 0.6) is 0 Å². The highest BCUT2D eigenvalue weighted by atomic mass is 16.5. The lowest BCUT2D eigenvalue weighted by molar-refractivity contribution is -0.138. The van der Waals surface area contributed by atoms with E-state index < -0.39 is 0 Å². The van der Waals surface area contributed by atoms with E-state index in [1.807, 2.05) is 36.1 Å². The summed E-state index contributed by atoms with van der Waals surface area (Å²) in [7, 11) is 0. The highest BCUT2D eigenvalue weighted by Crippen LogP contribution is 2.34. The quantitative estimate of drug-likeness (QED) is 0.640. The SMILES string of the molecule is CCOCCCN1C[C@H](C(=O)N2[C@@H]3CC[C@@H]2Cn2c(nc4ccccc4c2=O)C3)CC1=O. The third-order valence-electron chi connectivity index (χ3n) is 7.11. The van der Waals surface area contributed by atoms with Gasteiger partial charge in [0.2, 0.25) is 11.8 Å². The second kappa shape index (κ2) is 8.65. The number of hydrogen-bond acceptors (Lipinski definition) is 5. The van der Waals surface area contributed by atoms with Crippen LogP contribution in [-0.4, -0.2) is 69.6 Å². The molecule has 2 aromatic rings. The molecule has 2 fully saturated rings. The fraction of sp³-hybridized carbons (Fsp3) is 0.583. The minimum atomic E-state index is -0.303. The van der Waals surface area contributed by atoms with Gasteiger partial charge in [-0.1, -0.05) is 12.1 Å². The molecule has 0 N–H and O–H groups in total. The molecule has 0 radical (unpaired) electrons. The smallest absolute Gasteiger partial charge is 0.261 e. The number of carbonyl (C=O) groups is 2. The number of fused-ring (bicyclic) bond motifs is 4. The van der Waals surface area contributed by atoms with Crippen LogP contribution in [0, 0.1) is 5.92 Å². The monoisotopic (exact) mass is 438 g/mol. The Kier molecular flexibility index (Phi) is 5.71. The summed E-state index contributed by atoms with van der Waals surface area (Å²) in [4.78, 5) is 47.7. The zero-order chi connectivity index (χ0) is 22.2. The van der Waals surface area contributed by atoms with E-state index in [-0.39, 0.29) is 41.8 Å². The first-order valence-electron chi connectivity index (χ1n) is 11.7. The molecule has 2 saturated heterocycles. The Bertz CT molecular complexity index is 1100. The summed E-state index contributed by atoms with van der Waals surface area (Å²) >= 11 is 0. The Labute approximate surface area is 187 Å². The van der Waals surface area contributed by atoms with Crippen LogP contribution in [0.4, 0.5) is 0 Å². The Morgan fingerprint density at radius 3 is 2.78 bits per heavy atom. The lowest BCUT2D eigenvalue weighted by Gasteiger charge is -2.30. The van der Waals surface area contributed by atoms with E-state index >= 15 is 0 Å². The van der Waals surface area contributed by atoms with Gasteiger partial charge in [-0.2, -0.15) is 0 Å². The van der Waals surface area contributed by atoms with Gasteiger partial charge in [0.25, 0.3) is 5.56 Å². The fourth-order valence-corrected chi connectivity index (χ4v) is 5.55. The first kappa shape index (κ1) is 21.1. The number of likely N-dealkylation sites (tertiary alicyclic amines) is 1. The summed E-state index contributed by atoms with van der Waals surface area (Å²) in [5.74, 6) is 0.569. The first-order chi connectivity index (χ1) is 15.6. The van der Waals surface area contributed by atoms with Gasteiger partial charge >= 0.3 is 0 Å². The molecule has 0 aliphatic carbocycles. The number of benzene rings is 1. The molecular formula is C24H30N4O4. The van der Waals surface area contributed by atoms with Crippen LogP contribution in [-0.2, 0) is 27.3 Å². The molecule has 3 aliphatic rings. The second-order valence-corrected chi connectivity index (χ2v) is 9.09. The predicted molar refractivity (Wildman–Crippen MR) is 119 cm³/mol. The van der Waals surface area contributed by atoms with Gasteiger partial charge in [-0.3, -0.25) is 19.0 Å². The van der Waals surface area contributed by atoms with Crippen LogP contribution in [0.2, 0.25) is 0 Å². The van der Waals surface area contributed by atoms with Gasteiger partial charge in [0.1, 0.15) is 5.82 Å². The minimum Gasteiger partial charge on any atom is -0.382 e. The Morgan fingerprint density at radius 1 is 1.12 bits per heavy atom. The number of amides is 2. The molecule has 3 atom stereocenters. The van der Waals surface area contributed by atoms with Gasteiger partial charge in [0.05, 0.1) is 22.9 Å². The second-order valence-electron chi connectivity index (χ2n) is 9.09. The van der Waals surface area contributed by atoms with E-state index in [0.29, 0.717) is 50.2 Å². The van der Waals surface area contributed by atoms with E-state index in [4.69, 9.17) is 9.72 Å². The number of hydrogen-bond donors (Lipinski definition) is 0. The Hall–Kier alpha value is -2.74. The first-order valence-corrected chi connectivity index (χ1v) is 11.7. The lowest BCUT2D eigenvalue weighted by Crippen LogP contribution is -2.46. The van der Waals surface area contributed by atoms with Crippen LogP contribution in [0.1, 0.15) is 38.4 Å². The molecule has 8 nitrogen and oxygen atoms in total. The van der Waals surface area contributed by atoms with Crippen molar-refractivity contribution in [2.45, 2.75) is 57.7 Å². The van der Waals surface area contributed by atoms with Gasteiger partial charge < -0.3 is 14.5 Å². The van der Waals surface area contributed by atoms with E-state index in [9.17, 15) is 14.4 Å². The van der Waals surface area contributed by atoms with E-state index in [2.05, 4.69) is 0 Å². The molecule has 2 bridgehead atoms. The standard InChI is InChI=1S/C24H30N4O4/c1-2-32-11-5-10-26-14-16(12-22(26)29)23(30)28-17-8-9-18(28)15-27-21(13-17)25-20-7-4-3-6-19(20)24(27)31/h3-4,6-7,16-18H,2,5,8-15H2,1H3/t16-,17-,18-/m1/s1. The van der Waals surface area contributed by atoms with Crippen molar-refractivity contribution in [3.8, 4) is 0 Å². The van der Waals surface area contributed by atoms with Crippen molar-refractivity contribution in [2.75, 3.05) is 26.3 Å². The number of nitrogens with zero attached hydrogens (tertiary/aromatic N) is 4. The topological polar surface area (TPSA) is 84.7 Å². The van der Waals surface area contributed by atoms with Crippen molar-refractivity contribution in [1.29, 1.82) is 0 Å². The maximum atomic E-state index is 13.6. The largest absolute Gasteiger partial charge is 0.382 e. The van der Waals surface area contributed by atoms with E-state index in [0.717, 1.165) is 25.1 Å². The molecular weight excluding hydrogens is 408 g/mol. The summed E-state index contributed by atoms with van der Waals surface area (Å²) in [6.45, 7) is 4.84. The molecule has 4 heterocycles. The molecule has 32 heavy (non-hydrogen) atoms. The van der Waals surface area contributed by atoms with Gasteiger partial charge in [-0.25, -0.2) is 4.98 Å². The highest BCUT2D eigenvalue weighted by Gasteiger charge is 2.45. The predicted octanol–water partition coefficient (Wildman–Crippen LogP) is 1.59. The summed E-state index contributed by atoms with van der Waals surface area (Å²) in [6, 6.07) is 7.45. The molecule has 170 valence electrons. The van der Waals surface area contributed by atoms with Crippen molar-refractivity contribution < 1.29 is 14.3 Å². The van der Waals surface area contributed by atoms with Crippen molar-refractivity contribution in [2.24, 2.45) is 5.92 Å². The third kappa shape index (κ3) is 3.70. The number of rotatable bonds is 6. The van der Waals surface area contributed by atoms with Crippen molar-refractivity contribution >= 4 is 22.7 Å². The zero-order valence-electron chi connectivity index (χ0n) is 18.5. The normalized spacial score (nSPS) is 24.8. The molecule has 0 saturated carbocycles. The fourth-order valence-electron chi connectivity index (χ4n) is 5.55. The molecule has 0 unspecified atom stereocenters. The molecule has 0 spiro atoms. The van der Waals surface area contributed by atoms with Crippen LogP contribution in [0.3, 0.4) is 0 Å². The summed E-state index contributed by atoms with van der Waals surface area (Å²) < 4.78 is 7.14. The van der Waals surface area contributed by atoms with E-state index in [1.54, 1.807) is 9.47 Å². The van der Waals surface area contributed by atoms with Crippen molar-refractivity contribution in [3.63, 3.8) is 0 Å². The number of aromatic nitrogens is 2. The average Bonchev–Trinajstić information content (AvgIpc) is 3.30. The van der Waals surface area contributed by atoms with Gasteiger partial charge in [0, 0.05) is 51.7 Å². The van der Waals surface area contributed by atoms with Gasteiger partial charge in [0.15, 0.2) is 0 Å². The summed E-state index contributed by atoms with van der Waals surface area (Å²) in [5, 5.41) is 0.621. The highest BCUT2D eigenvalue weighted by molar-refractivity contribution is 5.89. The molecule has 1 aromatic heterocycles. The van der Waals surface area contributed by atoms with Crippen molar-refractivity contribution in [1.82, 2.24) is 19.4 Å². The zero-order valence-corrected chi connectivity index (χ0v) is 18.5.